The van der Waals surface area contributed by atoms with Crippen LogP contribution in [-0.4, -0.2) is 25.2 Å². The van der Waals surface area contributed by atoms with Gasteiger partial charge in [-0.2, -0.15) is 13.2 Å². The first-order valence-corrected chi connectivity index (χ1v) is 15.2. The van der Waals surface area contributed by atoms with E-state index in [1.807, 2.05) is 54.6 Å². The molecular formula is C37H41F3O4. The van der Waals surface area contributed by atoms with Gasteiger partial charge < -0.3 is 9.47 Å². The first-order chi connectivity index (χ1) is 21.2. The zero-order valence-corrected chi connectivity index (χ0v) is 25.2. The number of aryl methyl sites for hydroxylation is 2. The summed E-state index contributed by atoms with van der Waals surface area (Å²) in [6.07, 6.45) is 7.06. The fourth-order valence-corrected chi connectivity index (χ4v) is 4.89. The quantitative estimate of drug-likeness (QED) is 0.0822. The molecule has 0 amide bonds. The summed E-state index contributed by atoms with van der Waals surface area (Å²) >= 11 is 0. The largest absolute Gasteiger partial charge is 0.463 e. The maximum atomic E-state index is 13.9. The van der Waals surface area contributed by atoms with Crippen LogP contribution in [0.4, 0.5) is 13.2 Å². The zero-order valence-electron chi connectivity index (χ0n) is 25.2. The van der Waals surface area contributed by atoms with Crippen LogP contribution in [0.1, 0.15) is 68.1 Å². The van der Waals surface area contributed by atoms with Gasteiger partial charge in [-0.15, -0.1) is 0 Å². The molecule has 0 aromatic heterocycles. The van der Waals surface area contributed by atoms with Crippen molar-refractivity contribution < 1.29 is 32.2 Å². The van der Waals surface area contributed by atoms with Crippen LogP contribution >= 0.6 is 0 Å². The highest BCUT2D eigenvalue weighted by Crippen LogP contribution is 2.36. The summed E-state index contributed by atoms with van der Waals surface area (Å²) in [6, 6.07) is 19.7. The van der Waals surface area contributed by atoms with Crippen LogP contribution < -0.4 is 0 Å². The monoisotopic (exact) mass is 606 g/mol. The minimum Gasteiger partial charge on any atom is -0.463 e. The van der Waals surface area contributed by atoms with Gasteiger partial charge in [0.15, 0.2) is 0 Å². The third-order valence-electron chi connectivity index (χ3n) is 7.38. The maximum Gasteiger partial charge on any atom is 0.416 e. The van der Waals surface area contributed by atoms with Crippen molar-refractivity contribution in [1.29, 1.82) is 0 Å². The lowest BCUT2D eigenvalue weighted by molar-refractivity contribution is -0.138. The Balaban J connectivity index is 1.57. The Labute approximate surface area is 258 Å². The second kappa shape index (κ2) is 17.9. The van der Waals surface area contributed by atoms with Gasteiger partial charge in [0, 0.05) is 12.2 Å². The average Bonchev–Trinajstić information content (AvgIpc) is 3.03. The summed E-state index contributed by atoms with van der Waals surface area (Å²) < 4.78 is 51.6. The van der Waals surface area contributed by atoms with E-state index in [0.29, 0.717) is 24.3 Å². The average molecular weight is 607 g/mol. The number of hydrogen-bond acceptors (Lipinski definition) is 4. The van der Waals surface area contributed by atoms with Gasteiger partial charge in [0.25, 0.3) is 0 Å². The maximum absolute atomic E-state index is 13.9. The number of benzene rings is 3. The van der Waals surface area contributed by atoms with Crippen LogP contribution in [-0.2, 0) is 38.1 Å². The van der Waals surface area contributed by atoms with E-state index in [1.54, 1.807) is 0 Å². The fraction of sp³-hybridized carbons (Fsp3) is 0.351. The van der Waals surface area contributed by atoms with Gasteiger partial charge in [0.1, 0.15) is 0 Å². The summed E-state index contributed by atoms with van der Waals surface area (Å²) in [5.41, 5.74) is 4.12. The molecule has 3 aromatic carbocycles. The fourth-order valence-electron chi connectivity index (χ4n) is 4.89. The molecule has 0 atom stereocenters. The molecule has 0 spiro atoms. The van der Waals surface area contributed by atoms with E-state index < -0.39 is 23.7 Å². The molecule has 0 N–H and O–H groups in total. The number of halogens is 3. The molecule has 3 aromatic rings. The van der Waals surface area contributed by atoms with E-state index in [4.69, 9.17) is 9.47 Å². The molecule has 234 valence electrons. The second-order valence-electron chi connectivity index (χ2n) is 10.8. The number of rotatable bonds is 18. The highest BCUT2D eigenvalue weighted by molar-refractivity contribution is 5.81. The Morgan fingerprint density at radius 1 is 0.568 bits per heavy atom. The van der Waals surface area contributed by atoms with Gasteiger partial charge >= 0.3 is 18.1 Å². The molecule has 0 aliphatic carbocycles. The van der Waals surface area contributed by atoms with Crippen molar-refractivity contribution in [1.82, 2.24) is 0 Å². The summed E-state index contributed by atoms with van der Waals surface area (Å²) in [5, 5.41) is 0. The molecule has 0 aliphatic rings. The molecular weight excluding hydrogens is 565 g/mol. The van der Waals surface area contributed by atoms with Crippen molar-refractivity contribution in [2.75, 3.05) is 13.2 Å². The Hall–Kier alpha value is -4.13. The van der Waals surface area contributed by atoms with Crippen LogP contribution in [0, 0.1) is 0 Å². The second-order valence-corrected chi connectivity index (χ2v) is 10.8. The van der Waals surface area contributed by atoms with Gasteiger partial charge in [0.05, 0.1) is 18.8 Å². The molecule has 0 aliphatic heterocycles. The molecule has 0 unspecified atom stereocenters. The molecule has 0 saturated carbocycles. The molecule has 0 heterocycles. The smallest absolute Gasteiger partial charge is 0.416 e. The Morgan fingerprint density at radius 3 is 1.32 bits per heavy atom. The summed E-state index contributed by atoms with van der Waals surface area (Å²) in [4.78, 5) is 22.1. The van der Waals surface area contributed by atoms with Gasteiger partial charge in [-0.25, -0.2) is 9.59 Å². The Bertz CT molecular complexity index is 1260. The highest BCUT2D eigenvalue weighted by atomic mass is 19.4. The number of ether oxygens (including phenoxy) is 2. The minimum atomic E-state index is -4.46. The molecule has 0 fully saturated rings. The summed E-state index contributed by atoms with van der Waals surface area (Å²) in [7, 11) is 0. The summed E-state index contributed by atoms with van der Waals surface area (Å²) in [5.74, 6) is -0.810. The number of hydrogen-bond donors (Lipinski definition) is 0. The first-order valence-electron chi connectivity index (χ1n) is 15.2. The van der Waals surface area contributed by atoms with Crippen molar-refractivity contribution >= 4 is 11.9 Å². The lowest BCUT2D eigenvalue weighted by Gasteiger charge is -2.14. The van der Waals surface area contributed by atoms with Crippen LogP contribution in [0.5, 0.6) is 0 Å². The normalized spacial score (nSPS) is 11.2. The van der Waals surface area contributed by atoms with Crippen LogP contribution in [0.2, 0.25) is 0 Å². The number of esters is 2. The van der Waals surface area contributed by atoms with E-state index in [2.05, 4.69) is 13.2 Å². The number of carbonyl (C=O) groups is 2. The minimum absolute atomic E-state index is 0.391. The molecule has 44 heavy (non-hydrogen) atoms. The predicted octanol–water partition coefficient (Wildman–Crippen LogP) is 9.70. The topological polar surface area (TPSA) is 52.6 Å². The highest BCUT2D eigenvalue weighted by Gasteiger charge is 2.31. The van der Waals surface area contributed by atoms with Crippen molar-refractivity contribution in [3.8, 4) is 22.3 Å². The van der Waals surface area contributed by atoms with E-state index in [1.165, 1.54) is 12.1 Å². The van der Waals surface area contributed by atoms with E-state index >= 15 is 0 Å². The molecule has 4 nitrogen and oxygen atoms in total. The standard InChI is InChI=1S/C37H41F3O4/c1-3-35(41)43-23-11-7-5-9-13-28-15-19-30(20-16-28)32-25-33(27-34(26-32)37(38,39)40)31-21-17-29(18-22-31)14-10-6-8-12-24-44-36(42)4-2/h3-4,15-22,25-27H,1-2,5-14,23-24H2. The lowest BCUT2D eigenvalue weighted by Crippen LogP contribution is -2.05. The third kappa shape index (κ3) is 11.9. The van der Waals surface area contributed by atoms with Gasteiger partial charge in [-0.05, 0) is 90.1 Å². The number of carbonyl (C=O) groups excluding carboxylic acids is 2. The van der Waals surface area contributed by atoms with Crippen molar-refractivity contribution in [2.24, 2.45) is 0 Å². The van der Waals surface area contributed by atoms with Crippen molar-refractivity contribution in [3.63, 3.8) is 0 Å². The Morgan fingerprint density at radius 2 is 0.955 bits per heavy atom. The van der Waals surface area contributed by atoms with Gasteiger partial charge in [-0.3, -0.25) is 0 Å². The molecule has 7 heteroatoms. The lowest BCUT2D eigenvalue weighted by atomic mass is 9.94. The molecule has 3 rings (SSSR count). The SMILES string of the molecule is C=CC(=O)OCCCCCCc1ccc(-c2cc(-c3ccc(CCCCCCOC(=O)C=C)cc3)cc(C(F)(F)F)c2)cc1. The van der Waals surface area contributed by atoms with E-state index in [-0.39, 0.29) is 0 Å². The molecule has 0 radical (unpaired) electrons. The van der Waals surface area contributed by atoms with E-state index in [9.17, 15) is 22.8 Å². The van der Waals surface area contributed by atoms with Crippen LogP contribution in [0.3, 0.4) is 0 Å². The molecule has 0 saturated heterocycles. The number of unbranched alkanes of at least 4 members (excludes halogenated alkanes) is 6. The van der Waals surface area contributed by atoms with Crippen LogP contribution in [0.25, 0.3) is 22.3 Å². The zero-order chi connectivity index (χ0) is 31.8. The van der Waals surface area contributed by atoms with Gasteiger partial charge in [-0.1, -0.05) is 87.4 Å². The third-order valence-corrected chi connectivity index (χ3v) is 7.38. The Kier molecular flexibility index (Phi) is 13.9. The van der Waals surface area contributed by atoms with Crippen LogP contribution in [0.15, 0.2) is 92.0 Å². The summed E-state index contributed by atoms with van der Waals surface area (Å²) in [6.45, 7) is 7.52. The number of alkyl halides is 3. The van der Waals surface area contributed by atoms with Gasteiger partial charge in [0.2, 0.25) is 0 Å². The van der Waals surface area contributed by atoms with Crippen molar-refractivity contribution in [2.45, 2.75) is 70.4 Å². The van der Waals surface area contributed by atoms with Crippen molar-refractivity contribution in [3.05, 3.63) is 109 Å². The molecule has 0 bridgehead atoms. The van der Waals surface area contributed by atoms with E-state index in [0.717, 1.165) is 98.6 Å². The first kappa shape index (κ1) is 34.4. The predicted molar refractivity (Wildman–Crippen MR) is 169 cm³/mol.